The molecule has 0 saturated carbocycles. The number of nitrogens with two attached hydrogens (primary N) is 1. The predicted octanol–water partition coefficient (Wildman–Crippen LogP) is 3.86. The molecule has 0 bridgehead atoms. The van der Waals surface area contributed by atoms with Gasteiger partial charge < -0.3 is 10.5 Å². The molecule has 2 atom stereocenters. The SMILES string of the molecule is Cc1ncsc1CCOC(c1ccccc1Br)C(C)N. The van der Waals surface area contributed by atoms with Gasteiger partial charge in [0.05, 0.1) is 23.9 Å². The minimum absolute atomic E-state index is 0.0590. The molecule has 2 N–H and O–H groups in total. The smallest absolute Gasteiger partial charge is 0.0983 e. The summed E-state index contributed by atoms with van der Waals surface area (Å²) in [7, 11) is 0. The van der Waals surface area contributed by atoms with Gasteiger partial charge in [-0.2, -0.15) is 0 Å². The maximum absolute atomic E-state index is 6.07. The molecule has 3 nitrogen and oxygen atoms in total. The summed E-state index contributed by atoms with van der Waals surface area (Å²) in [4.78, 5) is 5.53. The molecule has 0 fully saturated rings. The van der Waals surface area contributed by atoms with Gasteiger partial charge >= 0.3 is 0 Å². The third-order valence-corrected chi connectivity index (χ3v) is 4.88. The summed E-state index contributed by atoms with van der Waals surface area (Å²) >= 11 is 5.24. The van der Waals surface area contributed by atoms with Crippen LogP contribution in [0.4, 0.5) is 0 Å². The molecule has 0 saturated heterocycles. The Morgan fingerprint density at radius 3 is 2.75 bits per heavy atom. The Kier molecular flexibility index (Phi) is 5.72. The van der Waals surface area contributed by atoms with Crippen LogP contribution in [0.15, 0.2) is 34.2 Å². The highest BCUT2D eigenvalue weighted by molar-refractivity contribution is 9.10. The van der Waals surface area contributed by atoms with Crippen molar-refractivity contribution in [3.63, 3.8) is 0 Å². The Hall–Kier alpha value is -0.750. The standard InChI is InChI=1S/C15H19BrN2OS/c1-10(17)15(12-5-3-4-6-13(12)16)19-8-7-14-11(2)18-9-20-14/h3-6,9-10,15H,7-8,17H2,1-2H3. The molecule has 0 aliphatic rings. The molecule has 0 aliphatic carbocycles. The molecule has 1 heterocycles. The van der Waals surface area contributed by atoms with Crippen molar-refractivity contribution in [1.82, 2.24) is 4.98 Å². The van der Waals surface area contributed by atoms with E-state index < -0.39 is 0 Å². The number of hydrogen-bond donors (Lipinski definition) is 1. The molecular weight excluding hydrogens is 336 g/mol. The normalized spacial score (nSPS) is 14.2. The lowest BCUT2D eigenvalue weighted by molar-refractivity contribution is 0.0401. The van der Waals surface area contributed by atoms with Crippen molar-refractivity contribution >= 4 is 27.3 Å². The fourth-order valence-electron chi connectivity index (χ4n) is 2.08. The van der Waals surface area contributed by atoms with E-state index in [1.807, 2.05) is 37.6 Å². The quantitative estimate of drug-likeness (QED) is 0.856. The third-order valence-electron chi connectivity index (χ3n) is 3.16. The van der Waals surface area contributed by atoms with Crippen molar-refractivity contribution < 1.29 is 4.74 Å². The topological polar surface area (TPSA) is 48.1 Å². The highest BCUT2D eigenvalue weighted by Crippen LogP contribution is 2.28. The van der Waals surface area contributed by atoms with Gasteiger partial charge in [-0.1, -0.05) is 34.1 Å². The summed E-state index contributed by atoms with van der Waals surface area (Å²) in [6, 6.07) is 8.01. The van der Waals surface area contributed by atoms with Gasteiger partial charge in [0, 0.05) is 21.8 Å². The van der Waals surface area contributed by atoms with Crippen LogP contribution in [0.3, 0.4) is 0 Å². The van der Waals surface area contributed by atoms with Crippen LogP contribution in [-0.2, 0) is 11.2 Å². The maximum atomic E-state index is 6.07. The van der Waals surface area contributed by atoms with Gasteiger partial charge in [0.15, 0.2) is 0 Å². The molecule has 20 heavy (non-hydrogen) atoms. The molecule has 5 heteroatoms. The number of nitrogens with zero attached hydrogens (tertiary/aromatic N) is 1. The second-order valence-electron chi connectivity index (χ2n) is 4.78. The number of ether oxygens (including phenoxy) is 1. The minimum atomic E-state index is -0.0983. The zero-order valence-corrected chi connectivity index (χ0v) is 14.1. The number of hydrogen-bond acceptors (Lipinski definition) is 4. The minimum Gasteiger partial charge on any atom is -0.371 e. The molecule has 2 unspecified atom stereocenters. The summed E-state index contributed by atoms with van der Waals surface area (Å²) in [6.07, 6.45) is 0.781. The average Bonchev–Trinajstić information content (AvgIpc) is 2.81. The van der Waals surface area contributed by atoms with E-state index in [0.717, 1.165) is 22.2 Å². The number of rotatable bonds is 6. The second kappa shape index (κ2) is 7.31. The van der Waals surface area contributed by atoms with Crippen molar-refractivity contribution in [2.45, 2.75) is 32.4 Å². The van der Waals surface area contributed by atoms with E-state index in [9.17, 15) is 0 Å². The summed E-state index contributed by atoms with van der Waals surface area (Å²) in [6.45, 7) is 4.65. The van der Waals surface area contributed by atoms with Gasteiger partial charge in [0.25, 0.3) is 0 Å². The van der Waals surface area contributed by atoms with Gasteiger partial charge in [-0.15, -0.1) is 11.3 Å². The molecular formula is C15H19BrN2OS. The molecule has 108 valence electrons. The number of aromatic nitrogens is 1. The Morgan fingerprint density at radius 2 is 2.15 bits per heavy atom. The summed E-state index contributed by atoms with van der Waals surface area (Å²) in [5.74, 6) is 0. The lowest BCUT2D eigenvalue weighted by Crippen LogP contribution is -2.27. The first-order valence-corrected chi connectivity index (χ1v) is 8.27. The van der Waals surface area contributed by atoms with Crippen LogP contribution in [-0.4, -0.2) is 17.6 Å². The lowest BCUT2D eigenvalue weighted by atomic mass is 10.0. The second-order valence-corrected chi connectivity index (χ2v) is 6.58. The van der Waals surface area contributed by atoms with Crippen molar-refractivity contribution in [3.05, 3.63) is 50.4 Å². The van der Waals surface area contributed by atoms with Gasteiger partial charge in [0.2, 0.25) is 0 Å². The molecule has 0 amide bonds. The van der Waals surface area contributed by atoms with E-state index in [0.29, 0.717) is 6.61 Å². The number of benzene rings is 1. The molecule has 0 aliphatic heterocycles. The van der Waals surface area contributed by atoms with E-state index in [2.05, 4.69) is 27.0 Å². The predicted molar refractivity (Wildman–Crippen MR) is 87.0 cm³/mol. The van der Waals surface area contributed by atoms with Crippen LogP contribution in [0.2, 0.25) is 0 Å². The Balaban J connectivity index is 2.00. The summed E-state index contributed by atoms with van der Waals surface area (Å²) in [5, 5.41) is 0. The van der Waals surface area contributed by atoms with Gasteiger partial charge in [-0.05, 0) is 25.5 Å². The number of thiazole rings is 1. The van der Waals surface area contributed by atoms with Gasteiger partial charge in [0.1, 0.15) is 0 Å². The Morgan fingerprint density at radius 1 is 1.40 bits per heavy atom. The van der Waals surface area contributed by atoms with E-state index in [1.165, 1.54) is 4.88 Å². The average molecular weight is 355 g/mol. The van der Waals surface area contributed by atoms with Crippen LogP contribution in [0.1, 0.15) is 29.2 Å². The van der Waals surface area contributed by atoms with Crippen LogP contribution in [0.25, 0.3) is 0 Å². The van der Waals surface area contributed by atoms with Crippen molar-refractivity contribution in [2.24, 2.45) is 5.73 Å². The van der Waals surface area contributed by atoms with E-state index in [1.54, 1.807) is 11.3 Å². The van der Waals surface area contributed by atoms with E-state index >= 15 is 0 Å². The Bertz CT molecular complexity index is 556. The number of halogens is 1. The highest BCUT2D eigenvalue weighted by Gasteiger charge is 2.19. The maximum Gasteiger partial charge on any atom is 0.0983 e. The first-order valence-electron chi connectivity index (χ1n) is 6.60. The molecule has 0 radical (unpaired) electrons. The van der Waals surface area contributed by atoms with Crippen LogP contribution in [0.5, 0.6) is 0 Å². The fraction of sp³-hybridized carbons (Fsp3) is 0.400. The van der Waals surface area contributed by atoms with Crippen molar-refractivity contribution in [3.8, 4) is 0 Å². The van der Waals surface area contributed by atoms with E-state index in [-0.39, 0.29) is 12.1 Å². The third kappa shape index (κ3) is 3.88. The van der Waals surface area contributed by atoms with Crippen LogP contribution >= 0.6 is 27.3 Å². The largest absolute Gasteiger partial charge is 0.371 e. The first-order chi connectivity index (χ1) is 9.59. The molecule has 1 aromatic carbocycles. The molecule has 2 rings (SSSR count). The van der Waals surface area contributed by atoms with E-state index in [4.69, 9.17) is 10.5 Å². The van der Waals surface area contributed by atoms with Gasteiger partial charge in [-0.3, -0.25) is 0 Å². The lowest BCUT2D eigenvalue weighted by Gasteiger charge is -2.23. The fourth-order valence-corrected chi connectivity index (χ4v) is 3.35. The molecule has 2 aromatic rings. The van der Waals surface area contributed by atoms with Crippen molar-refractivity contribution in [1.29, 1.82) is 0 Å². The highest BCUT2D eigenvalue weighted by atomic mass is 79.9. The van der Waals surface area contributed by atoms with Crippen molar-refractivity contribution in [2.75, 3.05) is 6.61 Å². The summed E-state index contributed by atoms with van der Waals surface area (Å²) < 4.78 is 7.06. The van der Waals surface area contributed by atoms with Crippen LogP contribution < -0.4 is 5.73 Å². The Labute approximate surface area is 132 Å². The van der Waals surface area contributed by atoms with Gasteiger partial charge in [-0.25, -0.2) is 4.98 Å². The molecule has 1 aromatic heterocycles. The number of aryl methyl sites for hydroxylation is 1. The summed E-state index contributed by atoms with van der Waals surface area (Å²) in [5.41, 5.74) is 10.1. The zero-order valence-electron chi connectivity index (χ0n) is 11.7. The monoisotopic (exact) mass is 354 g/mol. The molecule has 0 spiro atoms. The van der Waals surface area contributed by atoms with Crippen LogP contribution in [0, 0.1) is 6.92 Å². The first kappa shape index (κ1) is 15.6. The zero-order chi connectivity index (χ0) is 14.5.